The minimum absolute atomic E-state index is 0.125. The molecule has 0 aliphatic carbocycles. The minimum Gasteiger partial charge on any atom is -0.497 e. The summed E-state index contributed by atoms with van der Waals surface area (Å²) in [6.07, 6.45) is 1.32. The average Bonchev–Trinajstić information content (AvgIpc) is 2.90. The maximum absolute atomic E-state index is 12.8. The summed E-state index contributed by atoms with van der Waals surface area (Å²) in [6, 6.07) is 15.4. The van der Waals surface area contributed by atoms with E-state index in [-0.39, 0.29) is 35.1 Å². The van der Waals surface area contributed by atoms with Crippen LogP contribution in [0.15, 0.2) is 64.6 Å². The molecule has 1 amide bonds. The van der Waals surface area contributed by atoms with Gasteiger partial charge < -0.3 is 19.5 Å². The number of ether oxygens (including phenoxy) is 3. The van der Waals surface area contributed by atoms with E-state index in [0.29, 0.717) is 26.9 Å². The molecule has 0 atom stereocenters. The van der Waals surface area contributed by atoms with Crippen molar-refractivity contribution in [3.63, 3.8) is 0 Å². The first-order valence-electron chi connectivity index (χ1n) is 11.2. The van der Waals surface area contributed by atoms with Crippen LogP contribution in [0.4, 0.5) is 11.4 Å². The molecule has 10 nitrogen and oxygen atoms in total. The Bertz CT molecular complexity index is 1460. The third kappa shape index (κ3) is 6.74. The van der Waals surface area contributed by atoms with Gasteiger partial charge in [0.05, 0.1) is 34.4 Å². The number of non-ortho nitro benzene ring substituents is 1. The SMILES string of the molecule is CCOc1cc(/C=C(\C#N)C(=O)Nc2cc([N+](=O)[O-])ccc2C)cc(Br)c1OC(=O)c1ccc(OC)cc1. The molecular weight excluding hydrogens is 558 g/mol. The van der Waals surface area contributed by atoms with Crippen LogP contribution in [0, 0.1) is 28.4 Å². The Morgan fingerprint density at radius 1 is 1.16 bits per heavy atom. The Kier molecular flexibility index (Phi) is 9.18. The predicted molar refractivity (Wildman–Crippen MR) is 143 cm³/mol. The van der Waals surface area contributed by atoms with Gasteiger partial charge in [0.25, 0.3) is 11.6 Å². The first-order valence-corrected chi connectivity index (χ1v) is 12.0. The van der Waals surface area contributed by atoms with E-state index in [1.165, 1.54) is 37.5 Å². The number of anilines is 1. The number of nitrogens with one attached hydrogen (secondary N) is 1. The van der Waals surface area contributed by atoms with Crippen LogP contribution >= 0.6 is 15.9 Å². The van der Waals surface area contributed by atoms with Crippen molar-refractivity contribution in [2.24, 2.45) is 0 Å². The lowest BCUT2D eigenvalue weighted by Crippen LogP contribution is -2.14. The van der Waals surface area contributed by atoms with Gasteiger partial charge in [-0.3, -0.25) is 14.9 Å². The Labute approximate surface area is 226 Å². The number of rotatable bonds is 9. The molecule has 11 heteroatoms. The first-order chi connectivity index (χ1) is 18.2. The smallest absolute Gasteiger partial charge is 0.343 e. The summed E-state index contributed by atoms with van der Waals surface area (Å²) >= 11 is 3.37. The van der Waals surface area contributed by atoms with Gasteiger partial charge in [0.1, 0.15) is 17.4 Å². The molecule has 194 valence electrons. The first kappa shape index (κ1) is 27.9. The number of halogens is 1. The molecule has 0 aliphatic heterocycles. The molecule has 1 N–H and O–H groups in total. The van der Waals surface area contributed by atoms with E-state index in [0.717, 1.165) is 0 Å². The van der Waals surface area contributed by atoms with E-state index < -0.39 is 16.8 Å². The average molecular weight is 580 g/mol. The largest absolute Gasteiger partial charge is 0.497 e. The van der Waals surface area contributed by atoms with Crippen LogP contribution < -0.4 is 19.5 Å². The molecule has 0 heterocycles. The van der Waals surface area contributed by atoms with Crippen LogP contribution in [-0.4, -0.2) is 30.5 Å². The van der Waals surface area contributed by atoms with Gasteiger partial charge in [-0.15, -0.1) is 0 Å². The Morgan fingerprint density at radius 2 is 1.87 bits per heavy atom. The zero-order chi connectivity index (χ0) is 27.8. The lowest BCUT2D eigenvalue weighted by molar-refractivity contribution is -0.384. The standard InChI is InChI=1S/C27H22BrN3O7/c1-4-37-24-13-17(12-22(28)25(24)38-27(33)18-6-9-21(36-3)10-7-18)11-19(15-29)26(32)30-23-14-20(31(34)35)8-5-16(23)2/h5-14H,4H2,1-3H3,(H,30,32)/b19-11+. The summed E-state index contributed by atoms with van der Waals surface area (Å²) in [5, 5.41) is 23.2. The Balaban J connectivity index is 1.89. The lowest BCUT2D eigenvalue weighted by atomic mass is 10.1. The highest BCUT2D eigenvalue weighted by molar-refractivity contribution is 9.10. The van der Waals surface area contributed by atoms with Crippen molar-refractivity contribution in [2.45, 2.75) is 13.8 Å². The van der Waals surface area contributed by atoms with Gasteiger partial charge in [-0.1, -0.05) is 6.07 Å². The number of carbonyl (C=O) groups excluding carboxylic acids is 2. The van der Waals surface area contributed by atoms with Crippen molar-refractivity contribution in [1.82, 2.24) is 0 Å². The number of nitriles is 1. The summed E-state index contributed by atoms with van der Waals surface area (Å²) < 4.78 is 16.7. The summed E-state index contributed by atoms with van der Waals surface area (Å²) in [6.45, 7) is 3.68. The van der Waals surface area contributed by atoms with Crippen molar-refractivity contribution in [1.29, 1.82) is 5.26 Å². The molecular formula is C27H22BrN3O7. The highest BCUT2D eigenvalue weighted by atomic mass is 79.9. The topological polar surface area (TPSA) is 141 Å². The number of nitro groups is 1. The zero-order valence-electron chi connectivity index (χ0n) is 20.6. The maximum atomic E-state index is 12.8. The summed E-state index contributed by atoms with van der Waals surface area (Å²) in [5.74, 6) is -0.448. The number of hydrogen-bond acceptors (Lipinski definition) is 8. The molecule has 3 aromatic carbocycles. The van der Waals surface area contributed by atoms with E-state index in [1.807, 2.05) is 6.07 Å². The van der Waals surface area contributed by atoms with E-state index in [2.05, 4.69) is 21.2 Å². The molecule has 0 aromatic heterocycles. The van der Waals surface area contributed by atoms with Crippen LogP contribution in [0.25, 0.3) is 6.08 Å². The van der Waals surface area contributed by atoms with Crippen LogP contribution in [0.2, 0.25) is 0 Å². The van der Waals surface area contributed by atoms with Crippen LogP contribution in [-0.2, 0) is 4.79 Å². The highest BCUT2D eigenvalue weighted by Gasteiger charge is 2.19. The molecule has 3 aromatic rings. The predicted octanol–water partition coefficient (Wildman–Crippen LogP) is 5.84. The Hall–Kier alpha value is -4.69. The van der Waals surface area contributed by atoms with Crippen molar-refractivity contribution in [3.05, 3.63) is 91.4 Å². The normalized spacial score (nSPS) is 10.8. The number of nitrogens with zero attached hydrogens (tertiary/aromatic N) is 2. The third-order valence-electron chi connectivity index (χ3n) is 5.21. The molecule has 0 saturated carbocycles. The van der Waals surface area contributed by atoms with Crippen molar-refractivity contribution in [3.8, 4) is 23.3 Å². The number of nitro benzene ring substituents is 1. The van der Waals surface area contributed by atoms with Crippen molar-refractivity contribution < 1.29 is 28.7 Å². The molecule has 38 heavy (non-hydrogen) atoms. The van der Waals surface area contributed by atoms with Gasteiger partial charge >= 0.3 is 5.97 Å². The number of methoxy groups -OCH3 is 1. The number of amides is 1. The van der Waals surface area contributed by atoms with Crippen molar-refractivity contribution >= 4 is 45.3 Å². The number of aryl methyl sites for hydroxylation is 1. The second-order valence-corrected chi connectivity index (χ2v) is 8.62. The Morgan fingerprint density at radius 3 is 2.47 bits per heavy atom. The minimum atomic E-state index is -0.750. The number of esters is 1. The van der Waals surface area contributed by atoms with E-state index in [4.69, 9.17) is 14.2 Å². The van der Waals surface area contributed by atoms with Crippen molar-refractivity contribution in [2.75, 3.05) is 19.0 Å². The molecule has 0 bridgehead atoms. The third-order valence-corrected chi connectivity index (χ3v) is 5.80. The molecule has 3 rings (SSSR count). The molecule has 0 spiro atoms. The fourth-order valence-corrected chi connectivity index (χ4v) is 3.82. The quantitative estimate of drug-likeness (QED) is 0.0832. The number of benzene rings is 3. The van der Waals surface area contributed by atoms with E-state index in [1.54, 1.807) is 44.2 Å². The zero-order valence-corrected chi connectivity index (χ0v) is 22.2. The van der Waals surface area contributed by atoms with E-state index in [9.17, 15) is 25.0 Å². The molecule has 0 fully saturated rings. The number of hydrogen-bond donors (Lipinski definition) is 1. The summed E-state index contributed by atoms with van der Waals surface area (Å²) in [4.78, 5) is 36.0. The van der Waals surface area contributed by atoms with Gasteiger partial charge in [-0.05, 0) is 83.4 Å². The van der Waals surface area contributed by atoms with E-state index >= 15 is 0 Å². The number of carbonyl (C=O) groups is 2. The second kappa shape index (κ2) is 12.5. The van der Waals surface area contributed by atoms with Gasteiger partial charge in [-0.25, -0.2) is 4.79 Å². The molecule has 0 aliphatic rings. The van der Waals surface area contributed by atoms with Crippen LogP contribution in [0.3, 0.4) is 0 Å². The maximum Gasteiger partial charge on any atom is 0.343 e. The van der Waals surface area contributed by atoms with Crippen LogP contribution in [0.5, 0.6) is 17.2 Å². The van der Waals surface area contributed by atoms with Gasteiger partial charge in [0.15, 0.2) is 11.5 Å². The second-order valence-electron chi connectivity index (χ2n) is 7.76. The molecule has 0 radical (unpaired) electrons. The van der Waals surface area contributed by atoms with Gasteiger partial charge in [0.2, 0.25) is 0 Å². The summed E-state index contributed by atoms with van der Waals surface area (Å²) in [5.41, 5.74) is 1.05. The van der Waals surface area contributed by atoms with Gasteiger partial charge in [0, 0.05) is 12.1 Å². The molecule has 0 saturated heterocycles. The van der Waals surface area contributed by atoms with Crippen LogP contribution in [0.1, 0.15) is 28.4 Å². The molecule has 0 unspecified atom stereocenters. The lowest BCUT2D eigenvalue weighted by Gasteiger charge is -2.14. The highest BCUT2D eigenvalue weighted by Crippen LogP contribution is 2.38. The fraction of sp³-hybridized carbons (Fsp3) is 0.148. The monoisotopic (exact) mass is 579 g/mol. The summed E-state index contributed by atoms with van der Waals surface area (Å²) in [7, 11) is 1.52. The fourth-order valence-electron chi connectivity index (χ4n) is 3.28. The van der Waals surface area contributed by atoms with Gasteiger partial charge in [-0.2, -0.15) is 5.26 Å².